The van der Waals surface area contributed by atoms with Crippen LogP contribution in [0, 0.1) is 0 Å². The minimum absolute atomic E-state index is 0.0506. The number of carboxylic acids is 1. The van der Waals surface area contributed by atoms with Gasteiger partial charge < -0.3 is 10.4 Å². The largest absolute Gasteiger partial charge is 0.481 e. The minimum atomic E-state index is -0.886. The second-order valence-corrected chi connectivity index (χ2v) is 5.67. The van der Waals surface area contributed by atoms with Crippen molar-refractivity contribution in [2.24, 2.45) is 0 Å². The number of carbonyl (C=O) groups is 2. The molecule has 1 fully saturated rings. The van der Waals surface area contributed by atoms with Crippen molar-refractivity contribution in [1.82, 2.24) is 20.3 Å². The molecule has 22 heavy (non-hydrogen) atoms. The van der Waals surface area contributed by atoms with Crippen LogP contribution in [0.2, 0.25) is 0 Å². The molecule has 0 radical (unpaired) electrons. The number of aromatic nitrogens is 3. The normalized spacial score (nSPS) is 15.3. The van der Waals surface area contributed by atoms with Crippen LogP contribution in [-0.2, 0) is 22.6 Å². The summed E-state index contributed by atoms with van der Waals surface area (Å²) in [5.74, 6) is -0.972. The number of amides is 1. The van der Waals surface area contributed by atoms with Crippen LogP contribution in [0.1, 0.15) is 31.2 Å². The van der Waals surface area contributed by atoms with Crippen LogP contribution < -0.4 is 5.32 Å². The summed E-state index contributed by atoms with van der Waals surface area (Å²) in [5, 5.41) is 20.3. The van der Waals surface area contributed by atoms with Crippen LogP contribution >= 0.6 is 0 Å². The van der Waals surface area contributed by atoms with Crippen molar-refractivity contribution >= 4 is 22.9 Å². The Morgan fingerprint density at radius 1 is 1.23 bits per heavy atom. The molecule has 0 saturated heterocycles. The Kier molecular flexibility index (Phi) is 4.04. The first-order valence-corrected chi connectivity index (χ1v) is 7.45. The molecule has 7 heteroatoms. The van der Waals surface area contributed by atoms with Gasteiger partial charge >= 0.3 is 5.97 Å². The van der Waals surface area contributed by atoms with Gasteiger partial charge in [0.05, 0.1) is 6.42 Å². The van der Waals surface area contributed by atoms with Gasteiger partial charge in [-0.1, -0.05) is 18.9 Å². The fourth-order valence-electron chi connectivity index (χ4n) is 2.83. The Labute approximate surface area is 127 Å². The third-order valence-electron chi connectivity index (χ3n) is 3.85. The monoisotopic (exact) mass is 302 g/mol. The van der Waals surface area contributed by atoms with Gasteiger partial charge in [0.1, 0.15) is 17.6 Å². The Bertz CT molecular complexity index is 704. The highest BCUT2D eigenvalue weighted by atomic mass is 16.4. The zero-order valence-electron chi connectivity index (χ0n) is 12.2. The van der Waals surface area contributed by atoms with E-state index in [4.69, 9.17) is 5.11 Å². The maximum atomic E-state index is 12.0. The highest BCUT2D eigenvalue weighted by Crippen LogP contribution is 2.17. The molecule has 0 bridgehead atoms. The lowest BCUT2D eigenvalue weighted by molar-refractivity contribution is -0.136. The summed E-state index contributed by atoms with van der Waals surface area (Å²) in [4.78, 5) is 24.1. The van der Waals surface area contributed by atoms with E-state index >= 15 is 0 Å². The number of rotatable bonds is 5. The molecule has 2 aromatic rings. The molecule has 1 saturated carbocycles. The number of fused-ring (bicyclic) bond motifs is 1. The van der Waals surface area contributed by atoms with Crippen LogP contribution in [0.15, 0.2) is 18.2 Å². The highest BCUT2D eigenvalue weighted by Gasteiger charge is 2.17. The summed E-state index contributed by atoms with van der Waals surface area (Å²) in [6.07, 6.45) is 4.37. The van der Waals surface area contributed by atoms with E-state index in [0.29, 0.717) is 16.6 Å². The van der Waals surface area contributed by atoms with Crippen LogP contribution in [0.25, 0.3) is 11.0 Å². The zero-order chi connectivity index (χ0) is 15.5. The first-order chi connectivity index (χ1) is 10.6. The van der Waals surface area contributed by atoms with E-state index in [0.717, 1.165) is 12.8 Å². The predicted octanol–water partition coefficient (Wildman–Crippen LogP) is 1.12. The molecule has 3 rings (SSSR count). The van der Waals surface area contributed by atoms with Crippen molar-refractivity contribution in [3.63, 3.8) is 0 Å². The molecule has 0 spiro atoms. The van der Waals surface area contributed by atoms with Crippen molar-refractivity contribution in [3.8, 4) is 0 Å². The molecule has 1 aliphatic carbocycles. The van der Waals surface area contributed by atoms with E-state index in [9.17, 15) is 9.59 Å². The molecule has 0 atom stereocenters. The number of nitrogens with one attached hydrogen (secondary N) is 1. The Morgan fingerprint density at radius 3 is 2.68 bits per heavy atom. The molecular weight excluding hydrogens is 284 g/mol. The van der Waals surface area contributed by atoms with E-state index < -0.39 is 5.97 Å². The van der Waals surface area contributed by atoms with E-state index in [-0.39, 0.29) is 24.9 Å². The SMILES string of the molecule is O=C(O)Cc1ccc2nn(CC(=O)NC3CCCC3)nc2c1. The highest BCUT2D eigenvalue weighted by molar-refractivity contribution is 5.79. The lowest BCUT2D eigenvalue weighted by Gasteiger charge is -2.10. The predicted molar refractivity (Wildman–Crippen MR) is 79.3 cm³/mol. The molecule has 1 aromatic carbocycles. The topological polar surface area (TPSA) is 97.1 Å². The van der Waals surface area contributed by atoms with E-state index in [1.165, 1.54) is 17.6 Å². The smallest absolute Gasteiger partial charge is 0.307 e. The number of aliphatic carboxylic acids is 1. The lowest BCUT2D eigenvalue weighted by Crippen LogP contribution is -2.35. The number of nitrogens with zero attached hydrogens (tertiary/aromatic N) is 3. The second-order valence-electron chi connectivity index (χ2n) is 5.67. The van der Waals surface area contributed by atoms with Crippen LogP contribution in [0.4, 0.5) is 0 Å². The van der Waals surface area contributed by atoms with Crippen molar-refractivity contribution in [2.45, 2.75) is 44.7 Å². The van der Waals surface area contributed by atoms with Gasteiger partial charge in [-0.05, 0) is 30.5 Å². The van der Waals surface area contributed by atoms with Crippen molar-refractivity contribution < 1.29 is 14.7 Å². The zero-order valence-corrected chi connectivity index (χ0v) is 12.2. The molecular formula is C15H18N4O3. The van der Waals surface area contributed by atoms with Crippen LogP contribution in [0.3, 0.4) is 0 Å². The van der Waals surface area contributed by atoms with Gasteiger partial charge in [0, 0.05) is 6.04 Å². The summed E-state index contributed by atoms with van der Waals surface area (Å²) < 4.78 is 0. The van der Waals surface area contributed by atoms with Gasteiger partial charge in [-0.2, -0.15) is 15.0 Å². The number of benzene rings is 1. The van der Waals surface area contributed by atoms with Crippen molar-refractivity contribution in [3.05, 3.63) is 23.8 Å². The minimum Gasteiger partial charge on any atom is -0.481 e. The van der Waals surface area contributed by atoms with Crippen LogP contribution in [-0.4, -0.2) is 38.0 Å². The first-order valence-electron chi connectivity index (χ1n) is 7.45. The van der Waals surface area contributed by atoms with E-state index in [2.05, 4.69) is 15.5 Å². The van der Waals surface area contributed by atoms with E-state index in [1.54, 1.807) is 18.2 Å². The average molecular weight is 302 g/mol. The molecule has 116 valence electrons. The van der Waals surface area contributed by atoms with Gasteiger partial charge in [0.15, 0.2) is 0 Å². The standard InChI is InChI=1S/C15H18N4O3/c20-14(16-11-3-1-2-4-11)9-19-17-12-6-5-10(8-15(21)22)7-13(12)18-19/h5-7,11H,1-4,8-9H2,(H,16,20)(H,21,22). The number of hydrogen-bond acceptors (Lipinski definition) is 4. The fourth-order valence-corrected chi connectivity index (χ4v) is 2.83. The van der Waals surface area contributed by atoms with Crippen molar-refractivity contribution in [2.75, 3.05) is 0 Å². The van der Waals surface area contributed by atoms with Gasteiger partial charge in [-0.15, -0.1) is 0 Å². The lowest BCUT2D eigenvalue weighted by atomic mass is 10.1. The van der Waals surface area contributed by atoms with Crippen molar-refractivity contribution in [1.29, 1.82) is 0 Å². The molecule has 1 aromatic heterocycles. The first kappa shape index (κ1) is 14.5. The quantitative estimate of drug-likeness (QED) is 0.862. The maximum Gasteiger partial charge on any atom is 0.307 e. The van der Waals surface area contributed by atoms with Crippen LogP contribution in [0.5, 0.6) is 0 Å². The second kappa shape index (κ2) is 6.13. The summed E-state index contributed by atoms with van der Waals surface area (Å²) in [7, 11) is 0. The molecule has 1 amide bonds. The number of carbonyl (C=O) groups excluding carboxylic acids is 1. The van der Waals surface area contributed by atoms with Gasteiger partial charge in [-0.25, -0.2) is 0 Å². The summed E-state index contributed by atoms with van der Waals surface area (Å²) >= 11 is 0. The molecule has 0 aliphatic heterocycles. The van der Waals surface area contributed by atoms with Gasteiger partial charge in [0.25, 0.3) is 0 Å². The van der Waals surface area contributed by atoms with Gasteiger partial charge in [0.2, 0.25) is 5.91 Å². The summed E-state index contributed by atoms with van der Waals surface area (Å²) in [6, 6.07) is 5.42. The van der Waals surface area contributed by atoms with Gasteiger partial charge in [-0.3, -0.25) is 9.59 Å². The molecule has 0 unspecified atom stereocenters. The third kappa shape index (κ3) is 3.41. The Morgan fingerprint density at radius 2 is 1.95 bits per heavy atom. The average Bonchev–Trinajstić information content (AvgIpc) is 3.06. The number of hydrogen-bond donors (Lipinski definition) is 2. The molecule has 1 heterocycles. The summed E-state index contributed by atoms with van der Waals surface area (Å²) in [6.45, 7) is 0.0828. The molecule has 2 N–H and O–H groups in total. The number of carboxylic acid groups (broad SMARTS) is 1. The summed E-state index contributed by atoms with van der Waals surface area (Å²) in [5.41, 5.74) is 1.93. The maximum absolute atomic E-state index is 12.0. The molecule has 7 nitrogen and oxygen atoms in total. The third-order valence-corrected chi connectivity index (χ3v) is 3.85. The Hall–Kier alpha value is -2.44. The van der Waals surface area contributed by atoms with E-state index in [1.807, 2.05) is 0 Å². The Balaban J connectivity index is 1.68. The fraction of sp³-hybridized carbons (Fsp3) is 0.467. The molecule has 1 aliphatic rings.